The summed E-state index contributed by atoms with van der Waals surface area (Å²) in [4.78, 5) is 12.1. The van der Waals surface area contributed by atoms with E-state index in [2.05, 4.69) is 36.4 Å². The van der Waals surface area contributed by atoms with Gasteiger partial charge in [-0.25, -0.2) is 4.68 Å². The van der Waals surface area contributed by atoms with E-state index in [4.69, 9.17) is 4.74 Å². The number of nitrogens with one attached hydrogen (secondary N) is 1. The summed E-state index contributed by atoms with van der Waals surface area (Å²) in [6.45, 7) is 8.26. The highest BCUT2D eigenvalue weighted by atomic mass is 16.5. The Morgan fingerprint density at radius 3 is 2.48 bits per heavy atom. The van der Waals surface area contributed by atoms with E-state index in [1.807, 2.05) is 60.1 Å². The first-order chi connectivity index (χ1) is 12.8. The first kappa shape index (κ1) is 18.6. The molecule has 27 heavy (non-hydrogen) atoms. The summed E-state index contributed by atoms with van der Waals surface area (Å²) in [6, 6.07) is 15.1. The zero-order valence-electron chi connectivity index (χ0n) is 16.1. The highest BCUT2D eigenvalue weighted by molar-refractivity contribution is 5.91. The molecular formula is C21H24N4O2. The Hall–Kier alpha value is -3.15. The molecule has 3 aromatic rings. The molecule has 0 saturated carbocycles. The van der Waals surface area contributed by atoms with Gasteiger partial charge in [-0.15, -0.1) is 5.10 Å². The maximum Gasteiger partial charge on any atom is 0.262 e. The minimum atomic E-state index is -0.206. The fourth-order valence-electron chi connectivity index (χ4n) is 2.68. The summed E-state index contributed by atoms with van der Waals surface area (Å²) in [5.41, 5.74) is 3.55. The standard InChI is InChI=1S/C21H24N4O2/c1-15-7-5-6-8-18(15)27-14-20(26)23-16-9-11-17(12-10-16)25-19(13-22-24-25)21(2,3)4/h5-13H,14H2,1-4H3,(H,23,26). The van der Waals surface area contributed by atoms with E-state index in [-0.39, 0.29) is 17.9 Å². The van der Waals surface area contributed by atoms with Crippen molar-refractivity contribution in [3.05, 3.63) is 66.0 Å². The molecule has 0 atom stereocenters. The van der Waals surface area contributed by atoms with E-state index < -0.39 is 0 Å². The molecule has 6 heteroatoms. The molecule has 0 aliphatic rings. The van der Waals surface area contributed by atoms with Crippen molar-refractivity contribution >= 4 is 11.6 Å². The SMILES string of the molecule is Cc1ccccc1OCC(=O)Nc1ccc(-n2nncc2C(C)(C)C)cc1. The lowest BCUT2D eigenvalue weighted by Gasteiger charge is -2.19. The van der Waals surface area contributed by atoms with E-state index in [1.54, 1.807) is 6.20 Å². The van der Waals surface area contributed by atoms with Crippen LogP contribution in [0.1, 0.15) is 32.0 Å². The Morgan fingerprint density at radius 2 is 1.81 bits per heavy atom. The first-order valence-corrected chi connectivity index (χ1v) is 8.84. The number of aromatic nitrogens is 3. The minimum absolute atomic E-state index is 0.0378. The van der Waals surface area contributed by atoms with Crippen LogP contribution < -0.4 is 10.1 Å². The second-order valence-corrected chi connectivity index (χ2v) is 7.43. The third-order valence-electron chi connectivity index (χ3n) is 4.17. The lowest BCUT2D eigenvalue weighted by molar-refractivity contribution is -0.118. The highest BCUT2D eigenvalue weighted by Gasteiger charge is 2.20. The van der Waals surface area contributed by atoms with E-state index >= 15 is 0 Å². The van der Waals surface area contributed by atoms with Crippen molar-refractivity contribution in [2.75, 3.05) is 11.9 Å². The number of anilines is 1. The summed E-state index contributed by atoms with van der Waals surface area (Å²) >= 11 is 0. The fraction of sp³-hybridized carbons (Fsp3) is 0.286. The number of hydrogen-bond acceptors (Lipinski definition) is 4. The average Bonchev–Trinajstić information content (AvgIpc) is 3.12. The highest BCUT2D eigenvalue weighted by Crippen LogP contribution is 2.24. The van der Waals surface area contributed by atoms with Crippen LogP contribution in [-0.4, -0.2) is 27.5 Å². The number of para-hydroxylation sites is 1. The van der Waals surface area contributed by atoms with Gasteiger partial charge < -0.3 is 10.1 Å². The van der Waals surface area contributed by atoms with Crippen LogP contribution in [-0.2, 0) is 10.2 Å². The number of nitrogens with zero attached hydrogens (tertiary/aromatic N) is 3. The van der Waals surface area contributed by atoms with E-state index in [1.165, 1.54) is 0 Å². The molecule has 0 radical (unpaired) electrons. The fourth-order valence-corrected chi connectivity index (χ4v) is 2.68. The van der Waals surface area contributed by atoms with Gasteiger partial charge >= 0.3 is 0 Å². The van der Waals surface area contributed by atoms with Crippen LogP contribution in [0.5, 0.6) is 5.75 Å². The van der Waals surface area contributed by atoms with Crippen molar-refractivity contribution in [1.82, 2.24) is 15.0 Å². The number of carbonyl (C=O) groups is 1. The molecule has 0 spiro atoms. The maximum absolute atomic E-state index is 12.1. The van der Waals surface area contributed by atoms with E-state index in [9.17, 15) is 4.79 Å². The van der Waals surface area contributed by atoms with Crippen LogP contribution in [0.15, 0.2) is 54.7 Å². The van der Waals surface area contributed by atoms with Crippen molar-refractivity contribution in [1.29, 1.82) is 0 Å². The molecule has 1 aromatic heterocycles. The molecule has 0 unspecified atom stereocenters. The van der Waals surface area contributed by atoms with Gasteiger partial charge in [0, 0.05) is 11.1 Å². The minimum Gasteiger partial charge on any atom is -0.483 e. The second kappa shape index (κ2) is 7.61. The Kier molecular flexibility index (Phi) is 5.26. The van der Waals surface area contributed by atoms with Crippen molar-refractivity contribution in [3.63, 3.8) is 0 Å². The topological polar surface area (TPSA) is 69.0 Å². The summed E-state index contributed by atoms with van der Waals surface area (Å²) in [5, 5.41) is 11.0. The summed E-state index contributed by atoms with van der Waals surface area (Å²) in [6.07, 6.45) is 1.78. The van der Waals surface area contributed by atoms with Crippen LogP contribution in [0.4, 0.5) is 5.69 Å². The quantitative estimate of drug-likeness (QED) is 0.746. The summed E-state index contributed by atoms with van der Waals surface area (Å²) < 4.78 is 7.38. The molecule has 0 saturated heterocycles. The van der Waals surface area contributed by atoms with Crippen LogP contribution in [0.3, 0.4) is 0 Å². The summed E-state index contributed by atoms with van der Waals surface area (Å²) in [7, 11) is 0. The van der Waals surface area contributed by atoms with Gasteiger partial charge in [0.05, 0.1) is 17.6 Å². The zero-order chi connectivity index (χ0) is 19.4. The third kappa shape index (κ3) is 4.53. The lowest BCUT2D eigenvalue weighted by Crippen LogP contribution is -2.20. The Labute approximate surface area is 159 Å². The van der Waals surface area contributed by atoms with Crippen LogP contribution >= 0.6 is 0 Å². The lowest BCUT2D eigenvalue weighted by atomic mass is 9.92. The molecule has 0 fully saturated rings. The van der Waals surface area contributed by atoms with Gasteiger partial charge in [-0.1, -0.05) is 44.2 Å². The molecule has 1 heterocycles. The second-order valence-electron chi connectivity index (χ2n) is 7.43. The Bertz CT molecular complexity index is 924. The normalized spacial score (nSPS) is 11.3. The molecule has 0 aliphatic heterocycles. The molecule has 0 aliphatic carbocycles. The van der Waals surface area contributed by atoms with Crippen molar-refractivity contribution in [2.24, 2.45) is 0 Å². The number of carbonyl (C=O) groups excluding carboxylic acids is 1. The van der Waals surface area contributed by atoms with E-state index in [0.29, 0.717) is 11.4 Å². The molecule has 140 valence electrons. The number of hydrogen-bond donors (Lipinski definition) is 1. The van der Waals surface area contributed by atoms with Gasteiger partial charge in [0.2, 0.25) is 0 Å². The first-order valence-electron chi connectivity index (χ1n) is 8.84. The summed E-state index contributed by atoms with van der Waals surface area (Å²) in [5.74, 6) is 0.506. The molecule has 1 amide bonds. The van der Waals surface area contributed by atoms with E-state index in [0.717, 1.165) is 16.9 Å². The third-order valence-corrected chi connectivity index (χ3v) is 4.17. The number of rotatable bonds is 5. The maximum atomic E-state index is 12.1. The van der Waals surface area contributed by atoms with Crippen molar-refractivity contribution in [2.45, 2.75) is 33.1 Å². The van der Waals surface area contributed by atoms with Crippen molar-refractivity contribution < 1.29 is 9.53 Å². The predicted octanol–water partition coefficient (Wildman–Crippen LogP) is 3.89. The molecule has 0 bridgehead atoms. The number of aryl methyl sites for hydroxylation is 1. The number of amides is 1. The number of benzene rings is 2. The largest absolute Gasteiger partial charge is 0.483 e. The van der Waals surface area contributed by atoms with Crippen LogP contribution in [0.25, 0.3) is 5.69 Å². The van der Waals surface area contributed by atoms with Crippen LogP contribution in [0.2, 0.25) is 0 Å². The molecule has 6 nitrogen and oxygen atoms in total. The van der Waals surface area contributed by atoms with Crippen LogP contribution in [0, 0.1) is 6.92 Å². The monoisotopic (exact) mass is 364 g/mol. The molecular weight excluding hydrogens is 340 g/mol. The smallest absolute Gasteiger partial charge is 0.262 e. The predicted molar refractivity (Wildman–Crippen MR) is 105 cm³/mol. The van der Waals surface area contributed by atoms with Gasteiger partial charge in [-0.3, -0.25) is 4.79 Å². The molecule has 2 aromatic carbocycles. The molecule has 3 rings (SSSR count). The average molecular weight is 364 g/mol. The zero-order valence-corrected chi connectivity index (χ0v) is 16.1. The van der Waals surface area contributed by atoms with Gasteiger partial charge in [0.15, 0.2) is 6.61 Å². The van der Waals surface area contributed by atoms with Gasteiger partial charge in [-0.05, 0) is 42.8 Å². The van der Waals surface area contributed by atoms with Crippen molar-refractivity contribution in [3.8, 4) is 11.4 Å². The van der Waals surface area contributed by atoms with Gasteiger partial charge in [0.25, 0.3) is 5.91 Å². The van der Waals surface area contributed by atoms with Gasteiger partial charge in [-0.2, -0.15) is 0 Å². The van der Waals surface area contributed by atoms with Gasteiger partial charge in [0.1, 0.15) is 5.75 Å². The molecule has 1 N–H and O–H groups in total. The Morgan fingerprint density at radius 1 is 1.11 bits per heavy atom. The number of ether oxygens (including phenoxy) is 1. The Balaban J connectivity index is 1.63.